The van der Waals surface area contributed by atoms with Crippen molar-refractivity contribution in [2.24, 2.45) is 5.92 Å². The van der Waals surface area contributed by atoms with E-state index in [4.69, 9.17) is 4.74 Å². The van der Waals surface area contributed by atoms with Crippen LogP contribution < -0.4 is 5.32 Å². The summed E-state index contributed by atoms with van der Waals surface area (Å²) in [5.74, 6) is 0.750. The minimum absolute atomic E-state index is 0.548. The number of hydrogen-bond acceptors (Lipinski definition) is 2. The van der Waals surface area contributed by atoms with Crippen LogP contribution in [0.25, 0.3) is 0 Å². The van der Waals surface area contributed by atoms with E-state index in [1.165, 1.54) is 51.4 Å². The van der Waals surface area contributed by atoms with Gasteiger partial charge >= 0.3 is 0 Å². The number of fused-ring (bicyclic) bond motifs is 2. The van der Waals surface area contributed by atoms with E-state index in [1.54, 1.807) is 5.57 Å². The van der Waals surface area contributed by atoms with Crippen LogP contribution >= 0.6 is 0 Å². The molecule has 0 aromatic heterocycles. The molecule has 2 nitrogen and oxygen atoms in total. The van der Waals surface area contributed by atoms with Crippen molar-refractivity contribution in [1.82, 2.24) is 5.32 Å². The van der Waals surface area contributed by atoms with Crippen molar-refractivity contribution < 1.29 is 4.74 Å². The van der Waals surface area contributed by atoms with Crippen molar-refractivity contribution in [3.05, 3.63) is 11.6 Å². The Morgan fingerprint density at radius 3 is 2.94 bits per heavy atom. The molecule has 2 heteroatoms. The molecule has 0 aromatic carbocycles. The van der Waals surface area contributed by atoms with Gasteiger partial charge in [-0.3, -0.25) is 0 Å². The van der Waals surface area contributed by atoms with Gasteiger partial charge in [0.25, 0.3) is 0 Å². The number of rotatable bonds is 5. The summed E-state index contributed by atoms with van der Waals surface area (Å²) in [7, 11) is 0. The first-order valence-electron chi connectivity index (χ1n) is 7.96. The van der Waals surface area contributed by atoms with E-state index >= 15 is 0 Å². The van der Waals surface area contributed by atoms with Crippen molar-refractivity contribution in [3.63, 3.8) is 0 Å². The third kappa shape index (κ3) is 2.50. The van der Waals surface area contributed by atoms with Gasteiger partial charge in [0.1, 0.15) is 0 Å². The highest BCUT2D eigenvalue weighted by molar-refractivity contribution is 5.17. The lowest BCUT2D eigenvalue weighted by Gasteiger charge is -2.33. The summed E-state index contributed by atoms with van der Waals surface area (Å²) in [6.07, 6.45) is 14.2. The first-order valence-corrected chi connectivity index (χ1v) is 7.96. The second-order valence-corrected chi connectivity index (χ2v) is 6.23. The zero-order valence-electron chi connectivity index (χ0n) is 11.7. The topological polar surface area (TPSA) is 21.3 Å². The molecule has 2 saturated heterocycles. The molecule has 1 aliphatic carbocycles. The van der Waals surface area contributed by atoms with Crippen LogP contribution in [-0.2, 0) is 4.74 Å². The summed E-state index contributed by atoms with van der Waals surface area (Å²) in [6, 6.07) is 0.612. The normalized spacial score (nSPS) is 36.7. The van der Waals surface area contributed by atoms with E-state index in [2.05, 4.69) is 18.3 Å². The van der Waals surface area contributed by atoms with Crippen LogP contribution in [0.3, 0.4) is 0 Å². The van der Waals surface area contributed by atoms with Gasteiger partial charge < -0.3 is 10.1 Å². The molecule has 2 aliphatic heterocycles. The molecule has 3 rings (SSSR count). The largest absolute Gasteiger partial charge is 0.375 e. The summed E-state index contributed by atoms with van der Waals surface area (Å²) < 4.78 is 6.07. The Hall–Kier alpha value is -0.340. The van der Waals surface area contributed by atoms with Crippen molar-refractivity contribution in [1.29, 1.82) is 0 Å². The van der Waals surface area contributed by atoms with Crippen LogP contribution in [-0.4, -0.2) is 24.8 Å². The second kappa shape index (κ2) is 5.75. The summed E-state index contributed by atoms with van der Waals surface area (Å²) in [4.78, 5) is 0. The standard InChI is InChI=1S/C16H27NO/c1-2-10-17-16(12-6-4-3-5-7-12)14-11-13-8-9-15(14)18-13/h6,13-17H,2-5,7-11H2,1H3. The Morgan fingerprint density at radius 2 is 2.33 bits per heavy atom. The van der Waals surface area contributed by atoms with Gasteiger partial charge in [-0.2, -0.15) is 0 Å². The maximum Gasteiger partial charge on any atom is 0.0627 e. The van der Waals surface area contributed by atoms with Crippen LogP contribution in [0.15, 0.2) is 11.6 Å². The van der Waals surface area contributed by atoms with Crippen LogP contribution in [0, 0.1) is 5.92 Å². The zero-order valence-corrected chi connectivity index (χ0v) is 11.7. The highest BCUT2D eigenvalue weighted by Gasteiger charge is 2.44. The highest BCUT2D eigenvalue weighted by atomic mass is 16.5. The maximum absolute atomic E-state index is 6.07. The molecule has 0 aromatic rings. The molecule has 0 radical (unpaired) electrons. The average molecular weight is 249 g/mol. The lowest BCUT2D eigenvalue weighted by atomic mass is 9.78. The van der Waals surface area contributed by atoms with E-state index in [1.807, 2.05) is 0 Å². The molecule has 0 saturated carbocycles. The monoisotopic (exact) mass is 249 g/mol. The summed E-state index contributed by atoms with van der Waals surface area (Å²) in [5.41, 5.74) is 1.69. The average Bonchev–Trinajstić information content (AvgIpc) is 3.03. The van der Waals surface area contributed by atoms with Crippen LogP contribution in [0.5, 0.6) is 0 Å². The third-order valence-corrected chi connectivity index (χ3v) is 4.92. The van der Waals surface area contributed by atoms with Crippen molar-refractivity contribution >= 4 is 0 Å². The smallest absolute Gasteiger partial charge is 0.0627 e. The predicted molar refractivity (Wildman–Crippen MR) is 74.6 cm³/mol. The summed E-state index contributed by atoms with van der Waals surface area (Å²) in [6.45, 7) is 3.41. The zero-order chi connectivity index (χ0) is 12.4. The molecular formula is C16H27NO. The molecule has 2 heterocycles. The molecule has 2 fully saturated rings. The molecule has 18 heavy (non-hydrogen) atoms. The fourth-order valence-electron chi connectivity index (χ4n) is 4.03. The molecule has 4 unspecified atom stereocenters. The minimum Gasteiger partial charge on any atom is -0.375 e. The van der Waals surface area contributed by atoms with Crippen LogP contribution in [0.2, 0.25) is 0 Å². The lowest BCUT2D eigenvalue weighted by molar-refractivity contribution is 0.0878. The molecule has 0 amide bonds. The predicted octanol–water partition coefficient (Wildman–Crippen LogP) is 3.42. The van der Waals surface area contributed by atoms with Crippen LogP contribution in [0.4, 0.5) is 0 Å². The summed E-state index contributed by atoms with van der Waals surface area (Å²) >= 11 is 0. The Morgan fingerprint density at radius 1 is 1.39 bits per heavy atom. The molecule has 3 aliphatic rings. The van der Waals surface area contributed by atoms with Gasteiger partial charge in [-0.25, -0.2) is 0 Å². The molecule has 102 valence electrons. The Labute approximate surface area is 111 Å². The van der Waals surface area contributed by atoms with Crippen molar-refractivity contribution in [2.75, 3.05) is 6.54 Å². The Balaban J connectivity index is 1.70. The van der Waals surface area contributed by atoms with E-state index in [9.17, 15) is 0 Å². The Kier molecular flexibility index (Phi) is 4.05. The Bertz CT molecular complexity index is 312. The van der Waals surface area contributed by atoms with Gasteiger partial charge in [-0.1, -0.05) is 18.6 Å². The van der Waals surface area contributed by atoms with Gasteiger partial charge in [0, 0.05) is 12.0 Å². The molecule has 0 spiro atoms. The van der Waals surface area contributed by atoms with E-state index in [0.29, 0.717) is 18.2 Å². The van der Waals surface area contributed by atoms with Crippen LogP contribution in [0.1, 0.15) is 58.3 Å². The SMILES string of the molecule is CCCNC(C1=CCCCC1)C1CC2CCC1O2. The van der Waals surface area contributed by atoms with Gasteiger partial charge in [-0.05, 0) is 57.9 Å². The second-order valence-electron chi connectivity index (χ2n) is 6.23. The molecule has 2 bridgehead atoms. The third-order valence-electron chi connectivity index (χ3n) is 4.92. The van der Waals surface area contributed by atoms with E-state index in [0.717, 1.165) is 12.5 Å². The lowest BCUT2D eigenvalue weighted by Crippen LogP contribution is -2.42. The minimum atomic E-state index is 0.548. The van der Waals surface area contributed by atoms with E-state index in [-0.39, 0.29) is 0 Å². The number of hydrogen-bond donors (Lipinski definition) is 1. The summed E-state index contributed by atoms with van der Waals surface area (Å²) in [5, 5.41) is 3.82. The quantitative estimate of drug-likeness (QED) is 0.754. The molecular weight excluding hydrogens is 222 g/mol. The molecule has 4 atom stereocenters. The number of allylic oxidation sites excluding steroid dienone is 1. The van der Waals surface area contributed by atoms with Gasteiger partial charge in [-0.15, -0.1) is 0 Å². The van der Waals surface area contributed by atoms with Crippen molar-refractivity contribution in [2.45, 2.75) is 76.5 Å². The first kappa shape index (κ1) is 12.7. The fraction of sp³-hybridized carbons (Fsp3) is 0.875. The first-order chi connectivity index (χ1) is 8.88. The fourth-order valence-corrected chi connectivity index (χ4v) is 4.03. The van der Waals surface area contributed by atoms with Gasteiger partial charge in [0.05, 0.1) is 12.2 Å². The van der Waals surface area contributed by atoms with E-state index < -0.39 is 0 Å². The highest BCUT2D eigenvalue weighted by Crippen LogP contribution is 2.42. The number of nitrogens with one attached hydrogen (secondary N) is 1. The molecule has 1 N–H and O–H groups in total. The number of ether oxygens (including phenoxy) is 1. The van der Waals surface area contributed by atoms with Gasteiger partial charge in [0.15, 0.2) is 0 Å². The van der Waals surface area contributed by atoms with Crippen molar-refractivity contribution in [3.8, 4) is 0 Å². The maximum atomic E-state index is 6.07. The van der Waals surface area contributed by atoms with Gasteiger partial charge in [0.2, 0.25) is 0 Å².